The summed E-state index contributed by atoms with van der Waals surface area (Å²) in [6, 6.07) is 35.9. The number of unbranched alkanes of at least 4 members (excludes halogenated alkanes) is 1. The molecule has 0 saturated carbocycles. The number of hydrogen-bond donors (Lipinski definition) is 0. The topological polar surface area (TPSA) is 27.1 Å². The Balaban J connectivity index is 1.22. The van der Waals surface area contributed by atoms with Gasteiger partial charge in [0.1, 0.15) is 0 Å². The molecule has 0 saturated heterocycles. The largest absolute Gasteiger partial charge is 0.377 e. The molecule has 0 radical (unpaired) electrons. The van der Waals surface area contributed by atoms with Crippen LogP contribution in [0.25, 0.3) is 33.3 Å². The van der Waals surface area contributed by atoms with Crippen LogP contribution in [0.4, 0.5) is 0 Å². The summed E-state index contributed by atoms with van der Waals surface area (Å²) in [6.45, 7) is 2.33. The van der Waals surface area contributed by atoms with Gasteiger partial charge < -0.3 is 9.30 Å². The molecule has 0 bridgehead atoms. The molecule has 33 heavy (non-hydrogen) atoms. The van der Waals surface area contributed by atoms with Crippen LogP contribution in [0.3, 0.4) is 0 Å². The fourth-order valence-corrected chi connectivity index (χ4v) is 4.34. The van der Waals surface area contributed by atoms with Crippen molar-refractivity contribution in [1.82, 2.24) is 9.55 Å². The number of rotatable bonds is 9. The maximum Gasteiger partial charge on any atom is 0.0963 e. The molecule has 164 valence electrons. The highest BCUT2D eigenvalue weighted by atomic mass is 16.5. The average molecular weight is 433 g/mol. The van der Waals surface area contributed by atoms with Crippen molar-refractivity contribution >= 4 is 10.8 Å². The summed E-state index contributed by atoms with van der Waals surface area (Å²) in [5.74, 6) is 0. The Bertz CT molecular complexity index is 1300. The lowest BCUT2D eigenvalue weighted by Crippen LogP contribution is -2.02. The van der Waals surface area contributed by atoms with Crippen LogP contribution in [0.1, 0.15) is 18.4 Å². The fraction of sp³-hybridized carbons (Fsp3) is 0.167. The molecule has 1 heterocycles. The van der Waals surface area contributed by atoms with Crippen LogP contribution < -0.4 is 0 Å². The lowest BCUT2D eigenvalue weighted by atomic mass is 10.0. The van der Waals surface area contributed by atoms with Crippen LogP contribution in [0.15, 0.2) is 109 Å². The molecule has 3 nitrogen and oxygen atoms in total. The lowest BCUT2D eigenvalue weighted by Gasteiger charge is -2.11. The lowest BCUT2D eigenvalue weighted by molar-refractivity contribution is 0.117. The van der Waals surface area contributed by atoms with Crippen molar-refractivity contribution in [3.8, 4) is 22.5 Å². The van der Waals surface area contributed by atoms with Crippen molar-refractivity contribution in [1.29, 1.82) is 0 Å². The fourth-order valence-electron chi connectivity index (χ4n) is 4.34. The summed E-state index contributed by atoms with van der Waals surface area (Å²) >= 11 is 0. The van der Waals surface area contributed by atoms with E-state index in [4.69, 9.17) is 9.72 Å². The molecule has 0 fully saturated rings. The predicted molar refractivity (Wildman–Crippen MR) is 136 cm³/mol. The number of ether oxygens (including phenoxy) is 1. The number of aromatic nitrogens is 2. The maximum atomic E-state index is 6.03. The standard InChI is InChI=1S/C30H28N2O/c1-3-13-25(14-4-1)29-30(26-15-5-2-6-16-26)32(23-31-29)20-9-10-21-33-22-27-18-11-17-24-12-7-8-19-28(24)27/h1-8,11-19,23H,9-10,20-22H2. The summed E-state index contributed by atoms with van der Waals surface area (Å²) in [6.07, 6.45) is 4.03. The minimum atomic E-state index is 0.653. The van der Waals surface area contributed by atoms with Crippen LogP contribution in [0.2, 0.25) is 0 Å². The maximum absolute atomic E-state index is 6.03. The molecule has 0 aliphatic rings. The van der Waals surface area contributed by atoms with Crippen molar-refractivity contribution in [3.63, 3.8) is 0 Å². The molecule has 0 aliphatic carbocycles. The summed E-state index contributed by atoms with van der Waals surface area (Å²) < 4.78 is 8.31. The van der Waals surface area contributed by atoms with Gasteiger partial charge in [0.25, 0.3) is 0 Å². The first-order chi connectivity index (χ1) is 16.4. The van der Waals surface area contributed by atoms with Gasteiger partial charge in [0.15, 0.2) is 0 Å². The molecule has 0 unspecified atom stereocenters. The van der Waals surface area contributed by atoms with Gasteiger partial charge in [-0.2, -0.15) is 0 Å². The van der Waals surface area contributed by atoms with Gasteiger partial charge >= 0.3 is 0 Å². The third-order valence-corrected chi connectivity index (χ3v) is 6.01. The van der Waals surface area contributed by atoms with E-state index < -0.39 is 0 Å². The van der Waals surface area contributed by atoms with Gasteiger partial charge in [-0.15, -0.1) is 0 Å². The highest BCUT2D eigenvalue weighted by Gasteiger charge is 2.14. The number of fused-ring (bicyclic) bond motifs is 1. The van der Waals surface area contributed by atoms with E-state index in [1.165, 1.54) is 27.6 Å². The number of aryl methyl sites for hydroxylation is 1. The molecule has 0 N–H and O–H groups in total. The van der Waals surface area contributed by atoms with E-state index in [0.29, 0.717) is 6.61 Å². The number of benzene rings is 4. The Morgan fingerprint density at radius 1 is 0.667 bits per heavy atom. The van der Waals surface area contributed by atoms with Crippen LogP contribution in [-0.4, -0.2) is 16.2 Å². The van der Waals surface area contributed by atoms with Crippen molar-refractivity contribution in [2.75, 3.05) is 6.61 Å². The normalized spacial score (nSPS) is 11.2. The molecule has 5 aromatic rings. The molecule has 0 aliphatic heterocycles. The molecule has 5 rings (SSSR count). The smallest absolute Gasteiger partial charge is 0.0963 e. The van der Waals surface area contributed by atoms with Gasteiger partial charge in [0, 0.05) is 24.3 Å². The Kier molecular flexibility index (Phi) is 6.60. The van der Waals surface area contributed by atoms with E-state index in [-0.39, 0.29) is 0 Å². The van der Waals surface area contributed by atoms with Gasteiger partial charge in [-0.05, 0) is 29.2 Å². The number of hydrogen-bond acceptors (Lipinski definition) is 2. The molecule has 3 heteroatoms. The van der Waals surface area contributed by atoms with E-state index in [9.17, 15) is 0 Å². The van der Waals surface area contributed by atoms with E-state index in [2.05, 4.69) is 102 Å². The minimum absolute atomic E-state index is 0.653. The molecule has 0 spiro atoms. The highest BCUT2D eigenvalue weighted by Crippen LogP contribution is 2.31. The minimum Gasteiger partial charge on any atom is -0.377 e. The molecular formula is C30H28N2O. The van der Waals surface area contributed by atoms with Gasteiger partial charge in [-0.1, -0.05) is 103 Å². The Morgan fingerprint density at radius 2 is 1.36 bits per heavy atom. The molecule has 4 aromatic carbocycles. The second-order valence-electron chi connectivity index (χ2n) is 8.27. The first-order valence-electron chi connectivity index (χ1n) is 11.6. The predicted octanol–water partition coefficient (Wildman–Crippen LogP) is 7.37. The van der Waals surface area contributed by atoms with Gasteiger partial charge in [0.05, 0.1) is 24.3 Å². The Hall–Kier alpha value is -3.69. The molecule has 0 atom stereocenters. The van der Waals surface area contributed by atoms with Crippen LogP contribution in [0.5, 0.6) is 0 Å². The summed E-state index contributed by atoms with van der Waals surface area (Å²) in [4.78, 5) is 4.78. The van der Waals surface area contributed by atoms with E-state index in [1.807, 2.05) is 12.4 Å². The van der Waals surface area contributed by atoms with Crippen LogP contribution >= 0.6 is 0 Å². The molecule has 0 amide bonds. The van der Waals surface area contributed by atoms with Crippen molar-refractivity contribution in [2.24, 2.45) is 0 Å². The average Bonchev–Trinajstić information content (AvgIpc) is 3.31. The van der Waals surface area contributed by atoms with E-state index in [0.717, 1.165) is 37.3 Å². The first-order valence-corrected chi connectivity index (χ1v) is 11.6. The zero-order valence-corrected chi connectivity index (χ0v) is 18.7. The Morgan fingerprint density at radius 3 is 2.18 bits per heavy atom. The third-order valence-electron chi connectivity index (χ3n) is 6.01. The van der Waals surface area contributed by atoms with Crippen molar-refractivity contribution in [2.45, 2.75) is 26.0 Å². The summed E-state index contributed by atoms with van der Waals surface area (Å²) in [5, 5.41) is 2.54. The quantitative estimate of drug-likeness (QED) is 0.227. The third kappa shape index (κ3) is 4.89. The van der Waals surface area contributed by atoms with Crippen molar-refractivity contribution < 1.29 is 4.74 Å². The van der Waals surface area contributed by atoms with Crippen LogP contribution in [0, 0.1) is 0 Å². The van der Waals surface area contributed by atoms with Crippen molar-refractivity contribution in [3.05, 3.63) is 115 Å². The second kappa shape index (κ2) is 10.3. The van der Waals surface area contributed by atoms with Crippen LogP contribution in [-0.2, 0) is 17.9 Å². The second-order valence-corrected chi connectivity index (χ2v) is 8.27. The number of nitrogens with zero attached hydrogens (tertiary/aromatic N) is 2. The summed E-state index contributed by atoms with van der Waals surface area (Å²) in [7, 11) is 0. The number of imidazole rings is 1. The Labute approximate surface area is 195 Å². The zero-order chi connectivity index (χ0) is 22.3. The monoisotopic (exact) mass is 432 g/mol. The van der Waals surface area contributed by atoms with E-state index in [1.54, 1.807) is 0 Å². The van der Waals surface area contributed by atoms with E-state index >= 15 is 0 Å². The molecule has 1 aromatic heterocycles. The van der Waals surface area contributed by atoms with Gasteiger partial charge in [0.2, 0.25) is 0 Å². The zero-order valence-electron chi connectivity index (χ0n) is 18.7. The molecular weight excluding hydrogens is 404 g/mol. The SMILES string of the molecule is c1ccc(-c2ncn(CCCCOCc3cccc4ccccc34)c2-c2ccccc2)cc1. The highest BCUT2D eigenvalue weighted by molar-refractivity contribution is 5.85. The van der Waals surface area contributed by atoms with Gasteiger partial charge in [-0.25, -0.2) is 4.98 Å². The van der Waals surface area contributed by atoms with Gasteiger partial charge in [-0.3, -0.25) is 0 Å². The summed E-state index contributed by atoms with van der Waals surface area (Å²) in [5.41, 5.74) is 5.81. The first kappa shape index (κ1) is 21.2.